The quantitative estimate of drug-likeness (QED) is 0.581. The molecule has 3 aromatic carbocycles. The number of fused-ring (bicyclic) bond motifs is 2. The van der Waals surface area contributed by atoms with E-state index < -0.39 is 21.8 Å². The number of hydrogen-bond donors (Lipinski definition) is 1. The Bertz CT molecular complexity index is 1310. The standard InChI is InChI=1S/C26H27NO5S/c1-31-22-14-13-20(18-8-2-3-9-18)25-24(22)21(15-16-32-25)26(28)27-33(29,30)23-12-6-10-17-7-4-5-11-19(17)23/h4-7,10-14,18,21H,2-3,8-9,15-16H2,1H3,(H,27,28). The molecule has 5 rings (SSSR count). The summed E-state index contributed by atoms with van der Waals surface area (Å²) >= 11 is 0. The van der Waals surface area contributed by atoms with E-state index in [0.29, 0.717) is 41.4 Å². The Morgan fingerprint density at radius 2 is 1.76 bits per heavy atom. The van der Waals surface area contributed by atoms with Gasteiger partial charge < -0.3 is 9.47 Å². The van der Waals surface area contributed by atoms with Gasteiger partial charge in [0.15, 0.2) is 0 Å². The second kappa shape index (κ2) is 8.71. The Morgan fingerprint density at radius 3 is 2.55 bits per heavy atom. The molecule has 3 aromatic rings. The van der Waals surface area contributed by atoms with Crippen molar-refractivity contribution in [2.75, 3.05) is 13.7 Å². The van der Waals surface area contributed by atoms with Crippen molar-refractivity contribution in [1.29, 1.82) is 0 Å². The molecule has 1 saturated carbocycles. The molecular weight excluding hydrogens is 438 g/mol. The minimum Gasteiger partial charge on any atom is -0.496 e. The Labute approximate surface area is 194 Å². The zero-order valence-electron chi connectivity index (χ0n) is 18.5. The number of sulfonamides is 1. The molecule has 33 heavy (non-hydrogen) atoms. The van der Waals surface area contributed by atoms with Gasteiger partial charge in [-0.2, -0.15) is 0 Å². The fourth-order valence-electron chi connectivity index (χ4n) is 5.20. The van der Waals surface area contributed by atoms with Gasteiger partial charge in [-0.1, -0.05) is 55.3 Å². The third kappa shape index (κ3) is 3.95. The van der Waals surface area contributed by atoms with Crippen LogP contribution in [0.15, 0.2) is 59.5 Å². The molecular formula is C26H27NO5S. The van der Waals surface area contributed by atoms with Crippen LogP contribution < -0.4 is 14.2 Å². The number of ether oxygens (including phenoxy) is 2. The van der Waals surface area contributed by atoms with Gasteiger partial charge in [-0.05, 0) is 48.3 Å². The number of nitrogens with one attached hydrogen (secondary N) is 1. The molecule has 0 spiro atoms. The van der Waals surface area contributed by atoms with Crippen molar-refractivity contribution in [1.82, 2.24) is 4.72 Å². The highest BCUT2D eigenvalue weighted by Crippen LogP contribution is 2.48. The summed E-state index contributed by atoms with van der Waals surface area (Å²) in [6.07, 6.45) is 4.93. The molecule has 1 atom stereocenters. The van der Waals surface area contributed by atoms with Gasteiger partial charge in [0.05, 0.1) is 24.5 Å². The van der Waals surface area contributed by atoms with Gasteiger partial charge in [-0.15, -0.1) is 0 Å². The summed E-state index contributed by atoms with van der Waals surface area (Å²) in [6, 6.07) is 16.2. The average Bonchev–Trinajstić information content (AvgIpc) is 3.37. The summed E-state index contributed by atoms with van der Waals surface area (Å²) in [4.78, 5) is 13.5. The summed E-state index contributed by atoms with van der Waals surface area (Å²) in [5.41, 5.74) is 1.75. The second-order valence-electron chi connectivity index (χ2n) is 8.72. The smallest absolute Gasteiger partial charge is 0.264 e. The van der Waals surface area contributed by atoms with E-state index in [2.05, 4.69) is 4.72 Å². The van der Waals surface area contributed by atoms with Crippen molar-refractivity contribution in [3.8, 4) is 11.5 Å². The van der Waals surface area contributed by atoms with E-state index in [1.807, 2.05) is 30.3 Å². The van der Waals surface area contributed by atoms with Crippen LogP contribution in [-0.4, -0.2) is 28.0 Å². The first-order chi connectivity index (χ1) is 16.0. The molecule has 172 valence electrons. The first kappa shape index (κ1) is 21.8. The Morgan fingerprint density at radius 1 is 1.00 bits per heavy atom. The SMILES string of the molecule is COc1ccc(C2CCCC2)c2c1C(C(=O)NS(=O)(=O)c1cccc3ccccc13)CCO2. The Kier molecular flexibility index (Phi) is 5.74. The molecule has 1 unspecified atom stereocenters. The topological polar surface area (TPSA) is 81.7 Å². The number of carbonyl (C=O) groups is 1. The summed E-state index contributed by atoms with van der Waals surface area (Å²) in [6.45, 7) is 0.353. The highest BCUT2D eigenvalue weighted by molar-refractivity contribution is 7.90. The van der Waals surface area contributed by atoms with Crippen molar-refractivity contribution >= 4 is 26.7 Å². The number of rotatable bonds is 5. The largest absolute Gasteiger partial charge is 0.496 e. The second-order valence-corrected chi connectivity index (χ2v) is 10.4. The van der Waals surface area contributed by atoms with E-state index in [9.17, 15) is 13.2 Å². The summed E-state index contributed by atoms with van der Waals surface area (Å²) in [5.74, 6) is 0.402. The van der Waals surface area contributed by atoms with Crippen molar-refractivity contribution in [2.24, 2.45) is 0 Å². The highest BCUT2D eigenvalue weighted by atomic mass is 32.2. The van der Waals surface area contributed by atoms with E-state index in [4.69, 9.17) is 9.47 Å². The molecule has 0 saturated heterocycles. The van der Waals surface area contributed by atoms with Gasteiger partial charge in [0.2, 0.25) is 5.91 Å². The molecule has 6 nitrogen and oxygen atoms in total. The van der Waals surface area contributed by atoms with E-state index >= 15 is 0 Å². The third-order valence-electron chi connectivity index (χ3n) is 6.79. The van der Waals surface area contributed by atoms with Crippen molar-refractivity contribution in [3.05, 3.63) is 65.7 Å². The van der Waals surface area contributed by atoms with Gasteiger partial charge in [0.25, 0.3) is 10.0 Å². The fraction of sp³-hybridized carbons (Fsp3) is 0.346. The van der Waals surface area contributed by atoms with Crippen LogP contribution in [0.3, 0.4) is 0 Å². The zero-order valence-corrected chi connectivity index (χ0v) is 19.4. The maximum atomic E-state index is 13.4. The van der Waals surface area contributed by atoms with Gasteiger partial charge >= 0.3 is 0 Å². The van der Waals surface area contributed by atoms with Crippen LogP contribution in [0, 0.1) is 0 Å². The van der Waals surface area contributed by atoms with E-state index in [1.54, 1.807) is 25.3 Å². The Balaban J connectivity index is 1.51. The molecule has 1 amide bonds. The number of hydrogen-bond acceptors (Lipinski definition) is 5. The molecule has 0 radical (unpaired) electrons. The molecule has 1 aliphatic carbocycles. The molecule has 1 heterocycles. The van der Waals surface area contributed by atoms with Crippen LogP contribution in [-0.2, 0) is 14.8 Å². The summed E-state index contributed by atoms with van der Waals surface area (Å²) < 4.78 is 40.5. The third-order valence-corrected chi connectivity index (χ3v) is 8.20. The predicted octanol–water partition coefficient (Wildman–Crippen LogP) is 4.88. The molecule has 1 N–H and O–H groups in total. The Hall–Kier alpha value is -3.06. The number of carbonyl (C=O) groups excluding carboxylic acids is 1. The van der Waals surface area contributed by atoms with Crippen LogP contribution in [0.25, 0.3) is 10.8 Å². The maximum absolute atomic E-state index is 13.4. The summed E-state index contributed by atoms with van der Waals surface area (Å²) in [5, 5.41) is 1.38. The molecule has 1 aliphatic heterocycles. The number of benzene rings is 3. The monoisotopic (exact) mass is 465 g/mol. The van der Waals surface area contributed by atoms with Crippen LogP contribution in [0.5, 0.6) is 11.5 Å². The van der Waals surface area contributed by atoms with Gasteiger partial charge in [-0.3, -0.25) is 4.79 Å². The number of amides is 1. The van der Waals surface area contributed by atoms with Crippen molar-refractivity contribution < 1.29 is 22.7 Å². The zero-order chi connectivity index (χ0) is 23.0. The van der Waals surface area contributed by atoms with Crippen molar-refractivity contribution in [2.45, 2.75) is 48.8 Å². The van der Waals surface area contributed by atoms with Gasteiger partial charge in [-0.25, -0.2) is 13.1 Å². The van der Waals surface area contributed by atoms with Crippen LogP contribution >= 0.6 is 0 Å². The lowest BCUT2D eigenvalue weighted by Crippen LogP contribution is -2.37. The lowest BCUT2D eigenvalue weighted by Gasteiger charge is -2.30. The minimum absolute atomic E-state index is 0.0907. The molecule has 7 heteroatoms. The van der Waals surface area contributed by atoms with E-state index in [-0.39, 0.29) is 4.90 Å². The molecule has 1 fully saturated rings. The van der Waals surface area contributed by atoms with E-state index in [1.165, 1.54) is 18.9 Å². The molecule has 2 aliphatic rings. The van der Waals surface area contributed by atoms with Crippen LogP contribution in [0.2, 0.25) is 0 Å². The summed E-state index contributed by atoms with van der Waals surface area (Å²) in [7, 11) is -2.51. The lowest BCUT2D eigenvalue weighted by atomic mass is 9.86. The first-order valence-corrected chi connectivity index (χ1v) is 12.9. The molecule has 0 aromatic heterocycles. The predicted molar refractivity (Wildman–Crippen MR) is 126 cm³/mol. The maximum Gasteiger partial charge on any atom is 0.264 e. The van der Waals surface area contributed by atoms with Gasteiger partial charge in [0.1, 0.15) is 11.5 Å². The lowest BCUT2D eigenvalue weighted by molar-refractivity contribution is -0.121. The molecule has 0 bridgehead atoms. The van der Waals surface area contributed by atoms with Crippen LogP contribution in [0.4, 0.5) is 0 Å². The van der Waals surface area contributed by atoms with Gasteiger partial charge in [0, 0.05) is 10.9 Å². The number of methoxy groups -OCH3 is 1. The minimum atomic E-state index is -4.06. The van der Waals surface area contributed by atoms with E-state index in [0.717, 1.165) is 23.8 Å². The van der Waals surface area contributed by atoms with Crippen LogP contribution in [0.1, 0.15) is 55.1 Å². The normalized spacial score (nSPS) is 18.5. The highest BCUT2D eigenvalue weighted by Gasteiger charge is 2.36. The fourth-order valence-corrected chi connectivity index (χ4v) is 6.45. The average molecular weight is 466 g/mol. The van der Waals surface area contributed by atoms with Crippen molar-refractivity contribution in [3.63, 3.8) is 0 Å². The first-order valence-electron chi connectivity index (χ1n) is 11.4.